The SMILES string of the molecule is O=C(Nc1ccc(S(=O)(=O)c2ccc(Cl)cc2)cc1)c1cc(-c2ccccc2)on1. The maximum atomic E-state index is 12.7. The Bertz CT molecular complexity index is 1280. The maximum absolute atomic E-state index is 12.7. The third-order valence-corrected chi connectivity index (χ3v) is 6.39. The number of carbonyl (C=O) groups excluding carboxylic acids is 1. The predicted molar refractivity (Wildman–Crippen MR) is 113 cm³/mol. The average molecular weight is 439 g/mol. The summed E-state index contributed by atoms with van der Waals surface area (Å²) < 4.78 is 30.6. The van der Waals surface area contributed by atoms with Gasteiger partial charge in [0, 0.05) is 22.3 Å². The molecule has 3 aromatic carbocycles. The van der Waals surface area contributed by atoms with Crippen molar-refractivity contribution >= 4 is 33.0 Å². The van der Waals surface area contributed by atoms with Gasteiger partial charge in [-0.15, -0.1) is 0 Å². The first-order valence-electron chi connectivity index (χ1n) is 8.88. The van der Waals surface area contributed by atoms with E-state index < -0.39 is 15.7 Å². The summed E-state index contributed by atoms with van der Waals surface area (Å²) in [4.78, 5) is 12.7. The number of benzene rings is 3. The Morgan fingerprint density at radius 1 is 0.867 bits per heavy atom. The molecule has 1 heterocycles. The molecule has 8 heteroatoms. The van der Waals surface area contributed by atoms with Crippen molar-refractivity contribution in [3.05, 3.63) is 95.6 Å². The van der Waals surface area contributed by atoms with E-state index in [0.717, 1.165) is 5.56 Å². The normalized spacial score (nSPS) is 11.2. The number of hydrogen-bond acceptors (Lipinski definition) is 5. The number of hydrogen-bond donors (Lipinski definition) is 1. The number of anilines is 1. The van der Waals surface area contributed by atoms with E-state index >= 15 is 0 Å². The highest BCUT2D eigenvalue weighted by atomic mass is 35.5. The van der Waals surface area contributed by atoms with Gasteiger partial charge < -0.3 is 9.84 Å². The van der Waals surface area contributed by atoms with Crippen molar-refractivity contribution < 1.29 is 17.7 Å². The summed E-state index contributed by atoms with van der Waals surface area (Å²) in [5.74, 6) is 0.0133. The van der Waals surface area contributed by atoms with Gasteiger partial charge in [-0.3, -0.25) is 4.79 Å². The molecule has 0 fully saturated rings. The van der Waals surface area contributed by atoms with Crippen molar-refractivity contribution in [2.45, 2.75) is 9.79 Å². The molecule has 0 aliphatic rings. The van der Waals surface area contributed by atoms with Gasteiger partial charge in [0.05, 0.1) is 9.79 Å². The predicted octanol–water partition coefficient (Wildman–Crippen LogP) is 5.08. The Morgan fingerprint density at radius 3 is 2.10 bits per heavy atom. The van der Waals surface area contributed by atoms with Crippen LogP contribution in [0.15, 0.2) is 99.2 Å². The second-order valence-corrected chi connectivity index (χ2v) is 8.76. The Kier molecular flexibility index (Phi) is 5.39. The second kappa shape index (κ2) is 8.14. The first-order valence-corrected chi connectivity index (χ1v) is 10.7. The fourth-order valence-corrected chi connectivity index (χ4v) is 4.17. The molecular weight excluding hydrogens is 424 g/mol. The van der Waals surface area contributed by atoms with Crippen molar-refractivity contribution in [2.75, 3.05) is 5.32 Å². The lowest BCUT2D eigenvalue weighted by molar-refractivity contribution is 0.101. The molecule has 0 bridgehead atoms. The Hall–Kier alpha value is -3.42. The fourth-order valence-electron chi connectivity index (χ4n) is 2.78. The molecule has 4 rings (SSSR count). The topological polar surface area (TPSA) is 89.3 Å². The van der Waals surface area contributed by atoms with E-state index in [-0.39, 0.29) is 15.5 Å². The van der Waals surface area contributed by atoms with Gasteiger partial charge in [-0.2, -0.15) is 0 Å². The van der Waals surface area contributed by atoms with E-state index in [2.05, 4.69) is 10.5 Å². The van der Waals surface area contributed by atoms with Crippen LogP contribution in [-0.2, 0) is 9.84 Å². The minimum atomic E-state index is -3.68. The fraction of sp³-hybridized carbons (Fsp3) is 0. The molecule has 0 aliphatic heterocycles. The number of nitrogens with one attached hydrogen (secondary N) is 1. The van der Waals surface area contributed by atoms with Crippen LogP contribution in [0.3, 0.4) is 0 Å². The lowest BCUT2D eigenvalue weighted by atomic mass is 10.1. The van der Waals surface area contributed by atoms with Gasteiger partial charge in [0.15, 0.2) is 11.5 Å². The van der Waals surface area contributed by atoms with Crippen LogP contribution in [0.5, 0.6) is 0 Å². The lowest BCUT2D eigenvalue weighted by Crippen LogP contribution is -2.12. The summed E-state index contributed by atoms with van der Waals surface area (Å²) >= 11 is 5.82. The summed E-state index contributed by atoms with van der Waals surface area (Å²) in [6, 6.07) is 22.7. The molecule has 1 aromatic heterocycles. The van der Waals surface area contributed by atoms with Crippen molar-refractivity contribution in [3.63, 3.8) is 0 Å². The highest BCUT2D eigenvalue weighted by Crippen LogP contribution is 2.24. The minimum Gasteiger partial charge on any atom is -0.355 e. The summed E-state index contributed by atoms with van der Waals surface area (Å²) in [6.45, 7) is 0. The second-order valence-electron chi connectivity index (χ2n) is 6.38. The summed E-state index contributed by atoms with van der Waals surface area (Å²) in [7, 11) is -3.68. The van der Waals surface area contributed by atoms with Crippen LogP contribution < -0.4 is 5.32 Å². The zero-order valence-corrected chi connectivity index (χ0v) is 17.0. The molecule has 4 aromatic rings. The first-order chi connectivity index (χ1) is 14.4. The third-order valence-electron chi connectivity index (χ3n) is 4.35. The number of rotatable bonds is 5. The molecule has 0 saturated carbocycles. The molecule has 6 nitrogen and oxygen atoms in total. The first kappa shape index (κ1) is 19.9. The van der Waals surface area contributed by atoms with E-state index in [1.165, 1.54) is 48.5 Å². The molecule has 1 amide bonds. The minimum absolute atomic E-state index is 0.107. The van der Waals surface area contributed by atoms with Gasteiger partial charge in [0.1, 0.15) is 0 Å². The Morgan fingerprint density at radius 2 is 1.47 bits per heavy atom. The number of aromatic nitrogens is 1. The van der Waals surface area contributed by atoms with Crippen molar-refractivity contribution in [3.8, 4) is 11.3 Å². The molecule has 0 spiro atoms. The van der Waals surface area contributed by atoms with Gasteiger partial charge in [-0.1, -0.05) is 47.1 Å². The molecule has 0 atom stereocenters. The van der Waals surface area contributed by atoms with Gasteiger partial charge in [0.25, 0.3) is 5.91 Å². The number of nitrogens with zero attached hydrogens (tertiary/aromatic N) is 1. The zero-order chi connectivity index (χ0) is 21.1. The highest BCUT2D eigenvalue weighted by Gasteiger charge is 2.18. The van der Waals surface area contributed by atoms with E-state index in [1.807, 2.05) is 30.3 Å². The van der Waals surface area contributed by atoms with Crippen LogP contribution in [0.4, 0.5) is 5.69 Å². The molecule has 0 aliphatic carbocycles. The van der Waals surface area contributed by atoms with Gasteiger partial charge in [-0.05, 0) is 48.5 Å². The average Bonchev–Trinajstić information content (AvgIpc) is 3.26. The van der Waals surface area contributed by atoms with E-state index in [4.69, 9.17) is 16.1 Å². The van der Waals surface area contributed by atoms with Crippen LogP contribution in [0.1, 0.15) is 10.5 Å². The van der Waals surface area contributed by atoms with Crippen LogP contribution in [0.2, 0.25) is 5.02 Å². The van der Waals surface area contributed by atoms with Crippen LogP contribution in [0.25, 0.3) is 11.3 Å². The summed E-state index contributed by atoms with van der Waals surface area (Å²) in [5, 5.41) is 6.93. The maximum Gasteiger partial charge on any atom is 0.277 e. The zero-order valence-electron chi connectivity index (χ0n) is 15.4. The summed E-state index contributed by atoms with van der Waals surface area (Å²) in [6.07, 6.45) is 0. The van der Waals surface area contributed by atoms with Crippen LogP contribution >= 0.6 is 11.6 Å². The van der Waals surface area contributed by atoms with Crippen molar-refractivity contribution in [2.24, 2.45) is 0 Å². The highest BCUT2D eigenvalue weighted by molar-refractivity contribution is 7.91. The number of carbonyl (C=O) groups is 1. The third kappa shape index (κ3) is 4.12. The van der Waals surface area contributed by atoms with E-state index in [9.17, 15) is 13.2 Å². The van der Waals surface area contributed by atoms with Crippen molar-refractivity contribution in [1.29, 1.82) is 0 Å². The molecule has 0 radical (unpaired) electrons. The molecule has 1 N–H and O–H groups in total. The Labute approximate surface area is 178 Å². The molecular formula is C22H15ClN2O4S. The molecule has 30 heavy (non-hydrogen) atoms. The van der Waals surface area contributed by atoms with Gasteiger partial charge >= 0.3 is 0 Å². The standard InChI is InChI=1S/C22H15ClN2O4S/c23-16-6-10-18(11-7-16)30(27,28)19-12-8-17(9-13-19)24-22(26)20-14-21(29-25-20)15-4-2-1-3-5-15/h1-14H,(H,24,26). The molecule has 150 valence electrons. The quantitative estimate of drug-likeness (QED) is 0.469. The number of halogens is 1. The van der Waals surface area contributed by atoms with Gasteiger partial charge in [0.2, 0.25) is 9.84 Å². The lowest BCUT2D eigenvalue weighted by Gasteiger charge is -2.07. The van der Waals surface area contributed by atoms with E-state index in [1.54, 1.807) is 6.07 Å². The van der Waals surface area contributed by atoms with Crippen molar-refractivity contribution in [1.82, 2.24) is 5.16 Å². The van der Waals surface area contributed by atoms with Gasteiger partial charge in [-0.25, -0.2) is 8.42 Å². The van der Waals surface area contributed by atoms with Crippen LogP contribution in [0, 0.1) is 0 Å². The smallest absolute Gasteiger partial charge is 0.277 e. The summed E-state index contributed by atoms with van der Waals surface area (Å²) in [5.41, 5.74) is 1.35. The monoisotopic (exact) mass is 438 g/mol. The Balaban J connectivity index is 1.49. The molecule has 0 unspecified atom stereocenters. The largest absolute Gasteiger partial charge is 0.355 e. The number of sulfone groups is 1. The van der Waals surface area contributed by atoms with E-state index in [0.29, 0.717) is 16.5 Å². The number of amides is 1. The van der Waals surface area contributed by atoms with Crippen LogP contribution in [-0.4, -0.2) is 19.5 Å². The molecule has 0 saturated heterocycles.